The molecule has 4 rings (SSSR count). The first-order chi connectivity index (χ1) is 17.7. The fraction of sp³-hybridized carbons (Fsp3) is 0.286. The van der Waals surface area contributed by atoms with Crippen molar-refractivity contribution in [2.45, 2.75) is 39.7 Å². The molecule has 1 aliphatic rings. The molecule has 3 aromatic rings. The summed E-state index contributed by atoms with van der Waals surface area (Å²) in [6.45, 7) is 7.75. The number of primary amides is 1. The number of carbonyl (C=O) groups excluding carboxylic acids is 2. The van der Waals surface area contributed by atoms with Crippen LogP contribution in [0.25, 0.3) is 6.08 Å². The fourth-order valence-corrected chi connectivity index (χ4v) is 5.18. The first kappa shape index (κ1) is 26.1. The highest BCUT2D eigenvalue weighted by atomic mass is 32.1. The second kappa shape index (κ2) is 11.0. The molecule has 1 atom stereocenters. The number of ether oxygens (including phenoxy) is 2. The number of carbonyl (C=O) groups is 2. The number of hydrogen-bond donors (Lipinski definition) is 1. The van der Waals surface area contributed by atoms with E-state index in [-0.39, 0.29) is 18.8 Å². The summed E-state index contributed by atoms with van der Waals surface area (Å²) in [5, 5.41) is 0. The summed E-state index contributed by atoms with van der Waals surface area (Å²) in [6, 6.07) is 14.3. The molecule has 2 aromatic carbocycles. The Morgan fingerprint density at radius 3 is 2.41 bits per heavy atom. The monoisotopic (exact) mass is 519 g/mol. The largest absolute Gasteiger partial charge is 0.484 e. The minimum atomic E-state index is -0.650. The van der Waals surface area contributed by atoms with Gasteiger partial charge in [0, 0.05) is 0 Å². The van der Waals surface area contributed by atoms with Crippen LogP contribution < -0.4 is 25.4 Å². The van der Waals surface area contributed by atoms with Gasteiger partial charge in [-0.1, -0.05) is 61.6 Å². The number of hydrogen-bond acceptors (Lipinski definition) is 7. The second-order valence-electron chi connectivity index (χ2n) is 8.95. The van der Waals surface area contributed by atoms with E-state index in [2.05, 4.69) is 18.8 Å². The van der Waals surface area contributed by atoms with Crippen molar-refractivity contribution in [2.75, 3.05) is 13.2 Å². The molecule has 0 saturated carbocycles. The van der Waals surface area contributed by atoms with E-state index >= 15 is 0 Å². The standard InChI is InChI=1S/C28H29N3O5S/c1-5-35-27(34)24-17(4)30-28-31(25(24)20-10-8-19(9-11-20)16(2)3)26(33)22(37-28)14-18-6-12-21(13-7-18)36-15-23(29)32/h6-14,16,25H,5,15H2,1-4H3,(H2,29,32). The molecule has 2 heterocycles. The van der Waals surface area contributed by atoms with Crippen LogP contribution in [0.1, 0.15) is 56.3 Å². The van der Waals surface area contributed by atoms with Crippen LogP contribution >= 0.6 is 11.3 Å². The molecule has 1 aromatic heterocycles. The van der Waals surface area contributed by atoms with Gasteiger partial charge in [0.05, 0.1) is 28.5 Å². The van der Waals surface area contributed by atoms with Crippen molar-refractivity contribution in [3.05, 3.63) is 96.2 Å². The predicted molar refractivity (Wildman–Crippen MR) is 142 cm³/mol. The van der Waals surface area contributed by atoms with Gasteiger partial charge in [0.25, 0.3) is 11.5 Å². The van der Waals surface area contributed by atoms with Crippen LogP contribution in [0.4, 0.5) is 0 Å². The van der Waals surface area contributed by atoms with Gasteiger partial charge in [0.1, 0.15) is 5.75 Å². The molecule has 0 aliphatic carbocycles. The third kappa shape index (κ3) is 5.56. The maximum absolute atomic E-state index is 13.7. The van der Waals surface area contributed by atoms with Crippen LogP contribution in [0.5, 0.6) is 5.75 Å². The van der Waals surface area contributed by atoms with E-state index in [1.54, 1.807) is 48.8 Å². The number of amides is 1. The lowest BCUT2D eigenvalue weighted by Crippen LogP contribution is -2.39. The third-order valence-corrected chi connectivity index (χ3v) is 6.98. The number of rotatable bonds is 8. The van der Waals surface area contributed by atoms with Crippen molar-refractivity contribution in [3.63, 3.8) is 0 Å². The molecule has 1 aliphatic heterocycles. The normalized spacial score (nSPS) is 15.4. The van der Waals surface area contributed by atoms with Crippen LogP contribution in [0.2, 0.25) is 0 Å². The lowest BCUT2D eigenvalue weighted by molar-refractivity contribution is -0.139. The summed E-state index contributed by atoms with van der Waals surface area (Å²) in [5.74, 6) is -0.194. The van der Waals surface area contributed by atoms with Crippen LogP contribution in [0.15, 0.2) is 69.6 Å². The van der Waals surface area contributed by atoms with Gasteiger partial charge in [-0.25, -0.2) is 9.79 Å². The van der Waals surface area contributed by atoms with Gasteiger partial charge in [-0.15, -0.1) is 0 Å². The molecule has 192 valence electrons. The number of benzene rings is 2. The van der Waals surface area contributed by atoms with E-state index < -0.39 is 17.9 Å². The number of nitrogens with zero attached hydrogens (tertiary/aromatic N) is 2. The molecule has 0 saturated heterocycles. The number of esters is 1. The molecule has 0 radical (unpaired) electrons. The highest BCUT2D eigenvalue weighted by molar-refractivity contribution is 7.07. The van der Waals surface area contributed by atoms with Crippen molar-refractivity contribution in [1.82, 2.24) is 4.57 Å². The lowest BCUT2D eigenvalue weighted by Gasteiger charge is -2.25. The molecule has 0 fully saturated rings. The number of nitrogens with two attached hydrogens (primary N) is 1. The van der Waals surface area contributed by atoms with Crippen molar-refractivity contribution in [1.29, 1.82) is 0 Å². The van der Waals surface area contributed by atoms with Crippen molar-refractivity contribution < 1.29 is 19.1 Å². The Morgan fingerprint density at radius 2 is 1.81 bits per heavy atom. The highest BCUT2D eigenvalue weighted by Gasteiger charge is 2.33. The van der Waals surface area contributed by atoms with Gasteiger partial charge >= 0.3 is 5.97 Å². The summed E-state index contributed by atoms with van der Waals surface area (Å²) >= 11 is 1.26. The summed E-state index contributed by atoms with van der Waals surface area (Å²) < 4.78 is 12.7. The number of thiazole rings is 1. The van der Waals surface area contributed by atoms with Gasteiger partial charge in [0.15, 0.2) is 11.4 Å². The number of aromatic nitrogens is 1. The molecule has 8 nitrogen and oxygen atoms in total. The zero-order valence-corrected chi connectivity index (χ0v) is 22.0. The Labute approximate surface area is 218 Å². The Kier molecular flexibility index (Phi) is 7.73. The first-order valence-corrected chi connectivity index (χ1v) is 12.8. The van der Waals surface area contributed by atoms with Crippen molar-refractivity contribution in [2.24, 2.45) is 10.7 Å². The summed E-state index contributed by atoms with van der Waals surface area (Å²) in [5.41, 5.74) is 8.51. The highest BCUT2D eigenvalue weighted by Crippen LogP contribution is 2.31. The maximum atomic E-state index is 13.7. The molecule has 0 spiro atoms. The van der Waals surface area contributed by atoms with Crippen LogP contribution in [-0.2, 0) is 14.3 Å². The molecular weight excluding hydrogens is 490 g/mol. The Hall–Kier alpha value is -3.98. The smallest absolute Gasteiger partial charge is 0.338 e. The van der Waals surface area contributed by atoms with Gasteiger partial charge in [-0.2, -0.15) is 0 Å². The minimum absolute atomic E-state index is 0.210. The van der Waals surface area contributed by atoms with Crippen LogP contribution in [0.3, 0.4) is 0 Å². The summed E-state index contributed by atoms with van der Waals surface area (Å²) in [6.07, 6.45) is 1.77. The first-order valence-electron chi connectivity index (χ1n) is 12.0. The molecule has 9 heteroatoms. The Morgan fingerprint density at radius 1 is 1.14 bits per heavy atom. The van der Waals surface area contributed by atoms with Crippen molar-refractivity contribution in [3.8, 4) is 5.75 Å². The molecule has 1 amide bonds. The van der Waals surface area contributed by atoms with E-state index in [1.165, 1.54) is 11.3 Å². The van der Waals surface area contributed by atoms with E-state index in [1.807, 2.05) is 24.3 Å². The van der Waals surface area contributed by atoms with Crippen LogP contribution in [0, 0.1) is 0 Å². The summed E-state index contributed by atoms with van der Waals surface area (Å²) in [7, 11) is 0. The molecule has 0 bridgehead atoms. The maximum Gasteiger partial charge on any atom is 0.338 e. The minimum Gasteiger partial charge on any atom is -0.484 e. The van der Waals surface area contributed by atoms with Gasteiger partial charge < -0.3 is 15.2 Å². The quantitative estimate of drug-likeness (QED) is 0.460. The van der Waals surface area contributed by atoms with Crippen LogP contribution in [-0.4, -0.2) is 29.7 Å². The van der Waals surface area contributed by atoms with Gasteiger partial charge in [-0.3, -0.25) is 14.2 Å². The predicted octanol–water partition coefficient (Wildman–Crippen LogP) is 2.79. The number of allylic oxidation sites excluding steroid dienone is 1. The molecular formula is C28H29N3O5S. The van der Waals surface area contributed by atoms with E-state index in [4.69, 9.17) is 15.2 Å². The topological polar surface area (TPSA) is 113 Å². The van der Waals surface area contributed by atoms with E-state index in [9.17, 15) is 14.4 Å². The molecule has 1 unspecified atom stereocenters. The average Bonchev–Trinajstić information content (AvgIpc) is 3.17. The van der Waals surface area contributed by atoms with E-state index in [0.29, 0.717) is 32.3 Å². The fourth-order valence-electron chi connectivity index (χ4n) is 4.14. The second-order valence-corrected chi connectivity index (χ2v) is 9.96. The molecule has 2 N–H and O–H groups in total. The SMILES string of the molecule is CCOC(=O)C1=C(C)N=c2sc(=Cc3ccc(OCC(N)=O)cc3)c(=O)n2C1c1ccc(C(C)C)cc1. The third-order valence-electron chi connectivity index (χ3n) is 5.99. The van der Waals surface area contributed by atoms with E-state index in [0.717, 1.165) is 16.7 Å². The number of fused-ring (bicyclic) bond motifs is 1. The Balaban J connectivity index is 1.81. The van der Waals surface area contributed by atoms with Gasteiger partial charge in [0.2, 0.25) is 0 Å². The molecule has 37 heavy (non-hydrogen) atoms. The summed E-state index contributed by atoms with van der Waals surface area (Å²) in [4.78, 5) is 42.7. The Bertz CT molecular complexity index is 1530. The zero-order valence-electron chi connectivity index (χ0n) is 21.2. The van der Waals surface area contributed by atoms with Gasteiger partial charge in [-0.05, 0) is 54.7 Å². The zero-order chi connectivity index (χ0) is 26.7. The lowest BCUT2D eigenvalue weighted by atomic mass is 9.93. The average molecular weight is 520 g/mol. The van der Waals surface area contributed by atoms with Crippen molar-refractivity contribution >= 4 is 29.3 Å².